The van der Waals surface area contributed by atoms with Crippen LogP contribution in [0.1, 0.15) is 31.2 Å². The molecule has 1 unspecified atom stereocenters. The van der Waals surface area contributed by atoms with Crippen molar-refractivity contribution >= 4 is 34.9 Å². The van der Waals surface area contributed by atoms with Gasteiger partial charge in [0.25, 0.3) is 0 Å². The van der Waals surface area contributed by atoms with Crippen LogP contribution < -0.4 is 0 Å². The highest BCUT2D eigenvalue weighted by atomic mass is 32.1. The number of benzene rings is 1. The first-order valence-electron chi connectivity index (χ1n) is 12.4. The number of aliphatic imine (C=N–C) groups is 1. The largest absolute Gasteiger partial charge is 0.340 e. The van der Waals surface area contributed by atoms with Crippen LogP contribution in [0.5, 0.6) is 0 Å². The van der Waals surface area contributed by atoms with Crippen molar-refractivity contribution in [2.45, 2.75) is 32.2 Å². The normalized spacial score (nSPS) is 27.5. The Labute approximate surface area is 207 Å². The van der Waals surface area contributed by atoms with E-state index in [4.69, 9.17) is 12.2 Å². The van der Waals surface area contributed by atoms with E-state index in [2.05, 4.69) is 39.1 Å². The van der Waals surface area contributed by atoms with E-state index in [1.807, 2.05) is 30.4 Å². The van der Waals surface area contributed by atoms with Crippen LogP contribution in [0.4, 0.5) is 0 Å². The summed E-state index contributed by atoms with van der Waals surface area (Å²) in [5.41, 5.74) is 2.07. The van der Waals surface area contributed by atoms with Crippen molar-refractivity contribution < 1.29 is 9.59 Å². The van der Waals surface area contributed by atoms with E-state index in [0.29, 0.717) is 23.5 Å². The summed E-state index contributed by atoms with van der Waals surface area (Å²) in [6, 6.07) is 10.5. The fourth-order valence-electron chi connectivity index (χ4n) is 5.52. The molecule has 2 aliphatic carbocycles. The van der Waals surface area contributed by atoms with Gasteiger partial charge in [0.1, 0.15) is 0 Å². The van der Waals surface area contributed by atoms with E-state index < -0.39 is 0 Å². The van der Waals surface area contributed by atoms with Crippen molar-refractivity contribution in [1.82, 2.24) is 14.7 Å². The summed E-state index contributed by atoms with van der Waals surface area (Å²) in [4.78, 5) is 36.8. The fraction of sp³-hybridized carbons (Fsp3) is 0.481. The van der Waals surface area contributed by atoms with Gasteiger partial charge in [0.2, 0.25) is 16.9 Å². The number of hydrogen-bond donors (Lipinski definition) is 0. The zero-order valence-corrected chi connectivity index (χ0v) is 20.3. The lowest BCUT2D eigenvalue weighted by atomic mass is 9.80. The summed E-state index contributed by atoms with van der Waals surface area (Å²) in [6.07, 6.45) is 11.2. The molecule has 2 heterocycles. The van der Waals surface area contributed by atoms with Gasteiger partial charge >= 0.3 is 0 Å². The number of amides is 2. The van der Waals surface area contributed by atoms with Gasteiger partial charge in [-0.2, -0.15) is 0 Å². The Bertz CT molecular complexity index is 1020. The third-order valence-electron chi connectivity index (χ3n) is 7.56. The molecule has 178 valence electrons. The molecule has 2 fully saturated rings. The van der Waals surface area contributed by atoms with Gasteiger partial charge in [0.15, 0.2) is 0 Å². The van der Waals surface area contributed by atoms with Crippen LogP contribution in [-0.2, 0) is 16.1 Å². The Morgan fingerprint density at radius 2 is 1.74 bits per heavy atom. The van der Waals surface area contributed by atoms with E-state index in [1.165, 1.54) is 5.56 Å². The van der Waals surface area contributed by atoms with Crippen LogP contribution in [-0.4, -0.2) is 70.1 Å². The lowest BCUT2D eigenvalue weighted by molar-refractivity contribution is -0.139. The Morgan fingerprint density at radius 1 is 1.00 bits per heavy atom. The molecule has 1 atom stereocenters. The van der Waals surface area contributed by atoms with Crippen molar-refractivity contribution in [3.05, 3.63) is 60.2 Å². The average molecular weight is 477 g/mol. The molecule has 0 bridgehead atoms. The van der Waals surface area contributed by atoms with E-state index in [0.717, 1.165) is 64.1 Å². The topological polar surface area (TPSA) is 56.2 Å². The van der Waals surface area contributed by atoms with Crippen LogP contribution in [0, 0.1) is 17.8 Å². The molecule has 0 aromatic heterocycles. The van der Waals surface area contributed by atoms with Crippen molar-refractivity contribution in [2.24, 2.45) is 22.7 Å². The predicted octanol–water partition coefficient (Wildman–Crippen LogP) is 3.45. The summed E-state index contributed by atoms with van der Waals surface area (Å²) in [6.45, 7) is 5.04. The molecule has 0 radical (unpaired) electrons. The van der Waals surface area contributed by atoms with Gasteiger partial charge in [-0.05, 0) is 55.5 Å². The Balaban J connectivity index is 1.08. The molecule has 0 N–H and O–H groups in total. The molecule has 1 saturated carbocycles. The minimum absolute atomic E-state index is 0.0298. The molecule has 2 amide bonds. The maximum Gasteiger partial charge on any atom is 0.241 e. The third-order valence-corrected chi connectivity index (χ3v) is 7.87. The Morgan fingerprint density at radius 3 is 2.47 bits per heavy atom. The van der Waals surface area contributed by atoms with E-state index in [-0.39, 0.29) is 17.7 Å². The van der Waals surface area contributed by atoms with Crippen LogP contribution in [0.25, 0.3) is 0 Å². The molecule has 34 heavy (non-hydrogen) atoms. The van der Waals surface area contributed by atoms with Crippen LogP contribution in [0.2, 0.25) is 0 Å². The Kier molecular flexibility index (Phi) is 7.02. The number of nitrogens with zero attached hydrogens (tertiary/aromatic N) is 4. The van der Waals surface area contributed by atoms with Gasteiger partial charge in [-0.3, -0.25) is 19.4 Å². The van der Waals surface area contributed by atoms with Crippen molar-refractivity contribution in [3.63, 3.8) is 0 Å². The Hall–Kier alpha value is -2.64. The summed E-state index contributed by atoms with van der Waals surface area (Å²) < 4.78 is 0. The fourth-order valence-corrected chi connectivity index (χ4v) is 5.79. The number of fused-ring (bicyclic) bond motifs is 1. The van der Waals surface area contributed by atoms with E-state index in [1.54, 1.807) is 4.90 Å². The van der Waals surface area contributed by atoms with Gasteiger partial charge < -0.3 is 4.90 Å². The lowest BCUT2D eigenvalue weighted by Crippen LogP contribution is -2.51. The summed E-state index contributed by atoms with van der Waals surface area (Å²) >= 11 is 5.44. The molecular formula is C27H32N4O2S. The number of allylic oxidation sites excluding steroid dienone is 3. The predicted molar refractivity (Wildman–Crippen MR) is 137 cm³/mol. The number of rotatable bonds is 5. The van der Waals surface area contributed by atoms with Crippen LogP contribution in [0.3, 0.4) is 0 Å². The molecule has 1 saturated heterocycles. The monoisotopic (exact) mass is 476 g/mol. The molecule has 4 aliphatic rings. The first kappa shape index (κ1) is 23.1. The SMILES string of the molecule is O=C(C1CCC(CN2C(=O)C3C=CC=CC3=NC2=S)CC1)N1CCN(Cc2ccccc2)CC1. The molecule has 1 aromatic rings. The molecular weight excluding hydrogens is 444 g/mol. The molecule has 0 spiro atoms. The molecule has 1 aromatic carbocycles. The van der Waals surface area contributed by atoms with Gasteiger partial charge in [-0.1, -0.05) is 48.6 Å². The smallest absolute Gasteiger partial charge is 0.241 e. The second kappa shape index (κ2) is 10.3. The highest BCUT2D eigenvalue weighted by Crippen LogP contribution is 2.32. The van der Waals surface area contributed by atoms with Crippen LogP contribution in [0.15, 0.2) is 59.6 Å². The second-order valence-electron chi connectivity index (χ2n) is 9.79. The van der Waals surface area contributed by atoms with Crippen molar-refractivity contribution in [3.8, 4) is 0 Å². The molecule has 7 heteroatoms. The zero-order valence-electron chi connectivity index (χ0n) is 19.5. The first-order chi connectivity index (χ1) is 16.6. The van der Waals surface area contributed by atoms with Gasteiger partial charge in [-0.25, -0.2) is 4.99 Å². The first-order valence-corrected chi connectivity index (χ1v) is 12.8. The minimum Gasteiger partial charge on any atom is -0.340 e. The van der Waals surface area contributed by atoms with Crippen molar-refractivity contribution in [2.75, 3.05) is 32.7 Å². The quantitative estimate of drug-likeness (QED) is 0.611. The number of thiocarbonyl (C=S) groups is 1. The number of hydrogen-bond acceptors (Lipinski definition) is 4. The minimum atomic E-state index is -0.310. The summed E-state index contributed by atoms with van der Waals surface area (Å²) in [5, 5.41) is 0.378. The second-order valence-corrected chi connectivity index (χ2v) is 10.2. The highest BCUT2D eigenvalue weighted by Gasteiger charge is 2.37. The third kappa shape index (κ3) is 5.05. The standard InChI is InChI=1S/C27H32N4O2S/c32-25(30-16-14-29(15-17-30)18-20-6-2-1-3-7-20)22-12-10-21(11-13-22)19-31-26(33)23-8-4-5-9-24(23)28-27(31)34/h1-9,21-23H,10-19H2. The average Bonchev–Trinajstić information content (AvgIpc) is 2.88. The number of carbonyl (C=O) groups excluding carboxylic acids is 2. The van der Waals surface area contributed by atoms with E-state index >= 15 is 0 Å². The highest BCUT2D eigenvalue weighted by molar-refractivity contribution is 7.80. The van der Waals surface area contributed by atoms with Gasteiger partial charge in [0, 0.05) is 45.2 Å². The van der Waals surface area contributed by atoms with Crippen LogP contribution >= 0.6 is 12.2 Å². The number of piperazine rings is 1. The lowest BCUT2D eigenvalue weighted by Gasteiger charge is -2.39. The zero-order chi connectivity index (χ0) is 23.5. The van der Waals surface area contributed by atoms with E-state index in [9.17, 15) is 9.59 Å². The molecule has 2 aliphatic heterocycles. The summed E-state index contributed by atoms with van der Waals surface area (Å²) in [7, 11) is 0. The molecule has 5 rings (SSSR count). The maximum atomic E-state index is 13.2. The van der Waals surface area contributed by atoms with Crippen molar-refractivity contribution in [1.29, 1.82) is 0 Å². The van der Waals surface area contributed by atoms with Gasteiger partial charge in [0.05, 0.1) is 11.6 Å². The summed E-state index contributed by atoms with van der Waals surface area (Å²) in [5.74, 6) is 0.513. The maximum absolute atomic E-state index is 13.2. The number of carbonyl (C=O) groups is 2. The van der Waals surface area contributed by atoms with Gasteiger partial charge in [-0.15, -0.1) is 0 Å². The molecule has 6 nitrogen and oxygen atoms in total.